The quantitative estimate of drug-likeness (QED) is 0.245. The second-order valence-corrected chi connectivity index (χ2v) is 8.32. The number of anilines is 2. The normalized spacial score (nSPS) is 12.0. The minimum absolute atomic E-state index is 0.00574. The summed E-state index contributed by atoms with van der Waals surface area (Å²) in [5.74, 6) is -0.682. The summed E-state index contributed by atoms with van der Waals surface area (Å²) in [5, 5.41) is 2.35. The van der Waals surface area contributed by atoms with Crippen LogP contribution in [0.2, 0.25) is 0 Å². The molecule has 0 saturated carbocycles. The van der Waals surface area contributed by atoms with Gasteiger partial charge in [-0.3, -0.25) is 4.79 Å². The van der Waals surface area contributed by atoms with Crippen LogP contribution in [-0.2, 0) is 12.4 Å². The smallest absolute Gasteiger partial charge is 0.398 e. The van der Waals surface area contributed by atoms with E-state index in [4.69, 9.17) is 5.73 Å². The summed E-state index contributed by atoms with van der Waals surface area (Å²) < 4.78 is 82.4. The molecule has 11 heteroatoms. The number of amides is 1. The number of carbonyl (C=O) groups excluding carboxylic acids is 1. The second-order valence-electron chi connectivity index (χ2n) is 6.61. The fourth-order valence-electron chi connectivity index (χ4n) is 2.96. The number of benzene rings is 3. The summed E-state index contributed by atoms with van der Waals surface area (Å²) in [6.07, 6.45) is -9.97. The third kappa shape index (κ3) is 5.09. The number of alkyl halides is 6. The van der Waals surface area contributed by atoms with E-state index in [9.17, 15) is 31.1 Å². The van der Waals surface area contributed by atoms with Gasteiger partial charge in [-0.2, -0.15) is 26.3 Å². The van der Waals surface area contributed by atoms with Gasteiger partial charge in [-0.25, -0.2) is 0 Å². The van der Waals surface area contributed by atoms with Crippen LogP contribution in [0.1, 0.15) is 21.5 Å². The molecule has 32 heavy (non-hydrogen) atoms. The molecule has 0 fully saturated rings. The van der Waals surface area contributed by atoms with Crippen LogP contribution in [0.25, 0.3) is 11.1 Å². The Bertz CT molecular complexity index is 1180. The Morgan fingerprint density at radius 1 is 0.781 bits per heavy atom. The van der Waals surface area contributed by atoms with Gasteiger partial charge in [0.2, 0.25) is 0 Å². The molecule has 0 bridgehead atoms. The van der Waals surface area contributed by atoms with E-state index in [-0.39, 0.29) is 25.9 Å². The second kappa shape index (κ2) is 8.78. The summed E-state index contributed by atoms with van der Waals surface area (Å²) in [6.45, 7) is 0. The van der Waals surface area contributed by atoms with Crippen LogP contribution < -0.4 is 11.1 Å². The monoisotopic (exact) mass is 580 g/mol. The number of halogens is 8. The molecule has 0 heterocycles. The van der Waals surface area contributed by atoms with Gasteiger partial charge in [-0.15, -0.1) is 0 Å². The maximum atomic E-state index is 13.9. The van der Waals surface area contributed by atoms with Crippen LogP contribution in [0.4, 0.5) is 37.7 Å². The molecule has 168 valence electrons. The fourth-order valence-corrected chi connectivity index (χ4v) is 3.74. The third-order valence-corrected chi connectivity index (χ3v) is 5.77. The number of nitrogens with one attached hydrogen (secondary N) is 1. The molecule has 3 aromatic carbocycles. The van der Waals surface area contributed by atoms with Gasteiger partial charge >= 0.3 is 12.4 Å². The minimum atomic E-state index is -5.01. The first-order valence-corrected chi connectivity index (χ1v) is 10.3. The Balaban J connectivity index is 2.20. The van der Waals surface area contributed by atoms with E-state index in [1.54, 1.807) is 18.2 Å². The molecular weight excluding hydrogens is 570 g/mol. The molecule has 0 atom stereocenters. The van der Waals surface area contributed by atoms with Gasteiger partial charge in [-0.05, 0) is 79.4 Å². The van der Waals surface area contributed by atoms with Crippen LogP contribution in [0.5, 0.6) is 0 Å². The van der Waals surface area contributed by atoms with Crippen LogP contribution in [0.15, 0.2) is 63.5 Å². The van der Waals surface area contributed by atoms with Gasteiger partial charge in [0.05, 0.1) is 16.8 Å². The number of hydrogen-bond acceptors (Lipinski definition) is 2. The zero-order valence-corrected chi connectivity index (χ0v) is 18.9. The lowest BCUT2D eigenvalue weighted by Gasteiger charge is -2.20. The number of carbonyl (C=O) groups is 1. The molecule has 0 aromatic heterocycles. The molecule has 0 saturated heterocycles. The number of hydrogen-bond donors (Lipinski definition) is 2. The van der Waals surface area contributed by atoms with Gasteiger partial charge < -0.3 is 11.1 Å². The zero-order chi connectivity index (χ0) is 23.8. The molecule has 3 nitrogen and oxygen atoms in total. The molecule has 0 spiro atoms. The van der Waals surface area contributed by atoms with Crippen molar-refractivity contribution in [3.8, 4) is 11.1 Å². The van der Waals surface area contributed by atoms with Crippen molar-refractivity contribution in [2.24, 2.45) is 0 Å². The summed E-state index contributed by atoms with van der Waals surface area (Å²) in [7, 11) is 0. The third-order valence-electron chi connectivity index (χ3n) is 4.43. The molecule has 3 rings (SSSR count). The van der Waals surface area contributed by atoms with Crippen LogP contribution >= 0.6 is 31.9 Å². The highest BCUT2D eigenvalue weighted by atomic mass is 79.9. The van der Waals surface area contributed by atoms with Gasteiger partial charge in [-0.1, -0.05) is 18.2 Å². The summed E-state index contributed by atoms with van der Waals surface area (Å²) in [6, 6.07) is 10.7. The number of nitrogen functional groups attached to an aromatic ring is 1. The molecule has 1 amide bonds. The highest BCUT2D eigenvalue weighted by Gasteiger charge is 2.39. The minimum Gasteiger partial charge on any atom is -0.398 e. The summed E-state index contributed by atoms with van der Waals surface area (Å²) in [4.78, 5) is 12.4. The Hall–Kier alpha value is -2.53. The van der Waals surface area contributed by atoms with E-state index in [0.29, 0.717) is 12.1 Å². The summed E-state index contributed by atoms with van der Waals surface area (Å²) >= 11 is 6.02. The van der Waals surface area contributed by atoms with Gasteiger partial charge in [0.25, 0.3) is 5.91 Å². The summed E-state index contributed by atoms with van der Waals surface area (Å²) in [5.41, 5.74) is 1.07. The first-order chi connectivity index (χ1) is 14.8. The Labute approximate surface area is 194 Å². The standard InChI is InChI=1S/C21H12Br2F6N2O/c22-15-6-11(13(8-17(15)30)20(24,25)26)12-7-16(23)18(9-14(12)21(27,28)29)31-19(32)10-4-2-1-3-5-10/h1-9H,30H2,(H,31,32). The van der Waals surface area contributed by atoms with Crippen LogP contribution in [-0.4, -0.2) is 5.91 Å². The fraction of sp³-hybridized carbons (Fsp3) is 0.0952. The van der Waals surface area contributed by atoms with Gasteiger partial charge in [0.15, 0.2) is 0 Å². The molecule has 0 radical (unpaired) electrons. The van der Waals surface area contributed by atoms with E-state index in [0.717, 1.165) is 12.1 Å². The van der Waals surface area contributed by atoms with Crippen molar-refractivity contribution < 1.29 is 31.1 Å². The predicted molar refractivity (Wildman–Crippen MR) is 116 cm³/mol. The molecule has 3 N–H and O–H groups in total. The van der Waals surface area contributed by atoms with Crippen molar-refractivity contribution in [1.82, 2.24) is 0 Å². The van der Waals surface area contributed by atoms with Crippen LogP contribution in [0, 0.1) is 0 Å². The first kappa shape index (κ1) is 24.1. The lowest BCUT2D eigenvalue weighted by Crippen LogP contribution is -2.15. The molecule has 0 unspecified atom stereocenters. The first-order valence-electron chi connectivity index (χ1n) is 8.72. The van der Waals surface area contributed by atoms with Crippen molar-refractivity contribution in [1.29, 1.82) is 0 Å². The molecular formula is C21H12Br2F6N2O. The Morgan fingerprint density at radius 3 is 1.81 bits per heavy atom. The van der Waals surface area contributed by atoms with Crippen molar-refractivity contribution in [3.63, 3.8) is 0 Å². The van der Waals surface area contributed by atoms with Crippen LogP contribution in [0.3, 0.4) is 0 Å². The van der Waals surface area contributed by atoms with Crippen molar-refractivity contribution in [2.75, 3.05) is 11.1 Å². The van der Waals surface area contributed by atoms with E-state index in [1.165, 1.54) is 12.1 Å². The predicted octanol–water partition coefficient (Wildman–Crippen LogP) is 7.75. The SMILES string of the molecule is Nc1cc(C(F)(F)F)c(-c2cc(Br)c(NC(=O)c3ccccc3)cc2C(F)(F)F)cc1Br. The van der Waals surface area contributed by atoms with Crippen molar-refractivity contribution in [2.45, 2.75) is 12.4 Å². The van der Waals surface area contributed by atoms with Gasteiger partial charge in [0.1, 0.15) is 0 Å². The topological polar surface area (TPSA) is 55.1 Å². The van der Waals surface area contributed by atoms with E-state index in [2.05, 4.69) is 37.2 Å². The number of rotatable bonds is 3. The van der Waals surface area contributed by atoms with E-state index >= 15 is 0 Å². The number of nitrogens with two attached hydrogens (primary N) is 1. The zero-order valence-electron chi connectivity index (χ0n) is 15.7. The molecule has 0 aliphatic carbocycles. The van der Waals surface area contributed by atoms with Gasteiger partial charge in [0, 0.05) is 20.2 Å². The lowest BCUT2D eigenvalue weighted by atomic mass is 9.93. The Kier molecular flexibility index (Phi) is 6.62. The molecule has 3 aromatic rings. The maximum Gasteiger partial charge on any atom is 0.417 e. The van der Waals surface area contributed by atoms with E-state index in [1.807, 2.05) is 0 Å². The molecule has 0 aliphatic rings. The average molecular weight is 582 g/mol. The van der Waals surface area contributed by atoms with Crippen molar-refractivity contribution in [3.05, 3.63) is 80.2 Å². The highest BCUT2D eigenvalue weighted by Crippen LogP contribution is 2.47. The molecule has 0 aliphatic heterocycles. The Morgan fingerprint density at radius 2 is 1.28 bits per heavy atom. The largest absolute Gasteiger partial charge is 0.417 e. The van der Waals surface area contributed by atoms with E-state index < -0.39 is 40.5 Å². The average Bonchev–Trinajstić information content (AvgIpc) is 2.70. The van der Waals surface area contributed by atoms with Crippen molar-refractivity contribution >= 4 is 49.1 Å². The maximum absolute atomic E-state index is 13.9. The highest BCUT2D eigenvalue weighted by molar-refractivity contribution is 9.11. The lowest BCUT2D eigenvalue weighted by molar-refractivity contribution is -0.139.